The van der Waals surface area contributed by atoms with Crippen LogP contribution in [0.15, 0.2) is 24.3 Å². The molecule has 0 heterocycles. The predicted octanol–water partition coefficient (Wildman–Crippen LogP) is 2.32. The van der Waals surface area contributed by atoms with E-state index in [2.05, 4.69) is 5.92 Å². The Morgan fingerprint density at radius 1 is 1.60 bits per heavy atom. The number of aryl methyl sites for hydroxylation is 1. The van der Waals surface area contributed by atoms with Crippen molar-refractivity contribution in [3.05, 3.63) is 35.4 Å². The van der Waals surface area contributed by atoms with Gasteiger partial charge in [-0.15, -0.1) is 6.42 Å². The van der Waals surface area contributed by atoms with Gasteiger partial charge in [0.25, 0.3) is 0 Å². The number of carboxylic acids is 1. The van der Waals surface area contributed by atoms with E-state index >= 15 is 0 Å². The largest absolute Gasteiger partial charge is 0.481 e. The number of terminal acetylenes is 1. The zero-order valence-electron chi connectivity index (χ0n) is 8.73. The maximum atomic E-state index is 10.6. The molecular weight excluding hydrogens is 188 g/mol. The number of benzene rings is 1. The molecule has 0 aromatic heterocycles. The number of rotatable bonds is 4. The number of hydrogen-bond donors (Lipinski definition) is 1. The van der Waals surface area contributed by atoms with Gasteiger partial charge >= 0.3 is 5.97 Å². The second-order valence-electron chi connectivity index (χ2n) is 3.62. The minimum absolute atomic E-state index is 0.306. The molecule has 0 aliphatic heterocycles. The first-order chi connectivity index (χ1) is 7.13. The average molecular weight is 202 g/mol. The minimum atomic E-state index is -0.747. The summed E-state index contributed by atoms with van der Waals surface area (Å²) in [5.74, 6) is 1.51. The number of carboxylic acid groups (broad SMARTS) is 1. The first kappa shape index (κ1) is 11.3. The fourth-order valence-corrected chi connectivity index (χ4v) is 1.32. The van der Waals surface area contributed by atoms with Crippen LogP contribution in [0, 0.1) is 18.3 Å². The van der Waals surface area contributed by atoms with Gasteiger partial charge in [-0.05, 0) is 30.5 Å². The summed E-state index contributed by atoms with van der Waals surface area (Å²) in [5, 5.41) is 8.73. The summed E-state index contributed by atoms with van der Waals surface area (Å²) >= 11 is 0. The average Bonchev–Trinajstić information content (AvgIpc) is 2.26. The molecule has 2 nitrogen and oxygen atoms in total. The Morgan fingerprint density at radius 2 is 2.33 bits per heavy atom. The van der Waals surface area contributed by atoms with Crippen LogP contribution in [0.25, 0.3) is 0 Å². The molecule has 0 saturated heterocycles. The number of carbonyl (C=O) groups is 1. The fraction of sp³-hybridized carbons (Fsp3) is 0.308. The topological polar surface area (TPSA) is 37.3 Å². The van der Waals surface area contributed by atoms with Crippen molar-refractivity contribution in [2.24, 2.45) is 5.92 Å². The lowest BCUT2D eigenvalue weighted by Gasteiger charge is -2.06. The van der Waals surface area contributed by atoms with Crippen LogP contribution in [-0.4, -0.2) is 11.1 Å². The number of aliphatic carboxylic acids is 1. The monoisotopic (exact) mass is 202 g/mol. The van der Waals surface area contributed by atoms with Crippen molar-refractivity contribution >= 4 is 5.97 Å². The van der Waals surface area contributed by atoms with Crippen LogP contribution >= 0.6 is 0 Å². The summed E-state index contributed by atoms with van der Waals surface area (Å²) in [7, 11) is 0. The molecule has 15 heavy (non-hydrogen) atoms. The van der Waals surface area contributed by atoms with Gasteiger partial charge in [0.15, 0.2) is 0 Å². The van der Waals surface area contributed by atoms with E-state index in [0.29, 0.717) is 6.42 Å². The summed E-state index contributed by atoms with van der Waals surface area (Å²) in [6.45, 7) is 1.72. The molecule has 1 N–H and O–H groups in total. The van der Waals surface area contributed by atoms with Crippen LogP contribution in [0.5, 0.6) is 0 Å². The Balaban J connectivity index is 2.58. The van der Waals surface area contributed by atoms with Gasteiger partial charge in [-0.3, -0.25) is 4.79 Å². The zero-order chi connectivity index (χ0) is 11.3. The summed E-state index contributed by atoms with van der Waals surface area (Å²) in [5.41, 5.74) is 1.94. The Bertz CT molecular complexity index is 388. The van der Waals surface area contributed by atoms with E-state index in [9.17, 15) is 4.79 Å². The smallest absolute Gasteiger partial charge is 0.306 e. The lowest BCUT2D eigenvalue weighted by molar-refractivity contribution is -0.141. The molecule has 1 aromatic carbocycles. The molecule has 1 unspecified atom stereocenters. The van der Waals surface area contributed by atoms with Gasteiger partial charge in [-0.25, -0.2) is 0 Å². The fourth-order valence-electron chi connectivity index (χ4n) is 1.32. The molecule has 0 saturated carbocycles. The van der Waals surface area contributed by atoms with Gasteiger partial charge in [0.05, 0.1) is 5.92 Å². The van der Waals surface area contributed by atoms with Crippen LogP contribution in [0.3, 0.4) is 0 Å². The molecule has 0 aliphatic carbocycles. The molecule has 1 rings (SSSR count). The van der Waals surface area contributed by atoms with E-state index in [1.54, 1.807) is 6.92 Å². The van der Waals surface area contributed by atoms with Crippen molar-refractivity contribution in [3.63, 3.8) is 0 Å². The molecule has 0 bridgehead atoms. The highest BCUT2D eigenvalue weighted by Crippen LogP contribution is 2.11. The Morgan fingerprint density at radius 3 is 2.93 bits per heavy atom. The first-order valence-corrected chi connectivity index (χ1v) is 4.92. The quantitative estimate of drug-likeness (QED) is 0.761. The van der Waals surface area contributed by atoms with Crippen molar-refractivity contribution in [2.75, 3.05) is 0 Å². The van der Waals surface area contributed by atoms with Crippen LogP contribution in [0.2, 0.25) is 0 Å². The van der Waals surface area contributed by atoms with Crippen LogP contribution in [-0.2, 0) is 11.2 Å². The third-order valence-electron chi connectivity index (χ3n) is 2.38. The Kier molecular flexibility index (Phi) is 3.93. The maximum absolute atomic E-state index is 10.6. The zero-order valence-corrected chi connectivity index (χ0v) is 8.73. The van der Waals surface area contributed by atoms with Crippen LogP contribution < -0.4 is 0 Å². The maximum Gasteiger partial charge on any atom is 0.306 e. The number of hydrogen-bond acceptors (Lipinski definition) is 1. The lowest BCUT2D eigenvalue weighted by Crippen LogP contribution is -2.10. The first-order valence-electron chi connectivity index (χ1n) is 4.92. The van der Waals surface area contributed by atoms with E-state index in [4.69, 9.17) is 11.5 Å². The van der Waals surface area contributed by atoms with Crippen LogP contribution in [0.1, 0.15) is 24.5 Å². The second kappa shape index (κ2) is 5.21. The molecular formula is C13H14O2. The highest BCUT2D eigenvalue weighted by atomic mass is 16.4. The van der Waals surface area contributed by atoms with Gasteiger partial charge in [-0.1, -0.05) is 25.0 Å². The van der Waals surface area contributed by atoms with Crippen molar-refractivity contribution in [2.45, 2.75) is 19.8 Å². The highest BCUT2D eigenvalue weighted by Gasteiger charge is 2.10. The second-order valence-corrected chi connectivity index (χ2v) is 3.62. The van der Waals surface area contributed by atoms with Gasteiger partial charge in [-0.2, -0.15) is 0 Å². The molecule has 2 heteroatoms. The Labute approximate surface area is 89.9 Å². The SMILES string of the molecule is C#Cc1cccc(CCC(C)C(=O)O)c1. The van der Waals surface area contributed by atoms with E-state index < -0.39 is 5.97 Å². The molecule has 0 aliphatic rings. The summed E-state index contributed by atoms with van der Waals surface area (Å²) < 4.78 is 0. The lowest BCUT2D eigenvalue weighted by atomic mass is 10.00. The van der Waals surface area contributed by atoms with Crippen molar-refractivity contribution in [1.82, 2.24) is 0 Å². The highest BCUT2D eigenvalue weighted by molar-refractivity contribution is 5.69. The van der Waals surface area contributed by atoms with E-state index in [0.717, 1.165) is 17.5 Å². The van der Waals surface area contributed by atoms with Gasteiger partial charge in [0, 0.05) is 5.56 Å². The standard InChI is InChI=1S/C13H14O2/c1-3-11-5-4-6-12(9-11)8-7-10(2)13(14)15/h1,4-6,9-10H,7-8H2,2H3,(H,14,15). The normalized spacial score (nSPS) is 11.7. The molecule has 1 aromatic rings. The molecule has 0 fully saturated rings. The molecule has 0 amide bonds. The Hall–Kier alpha value is -1.75. The van der Waals surface area contributed by atoms with E-state index in [-0.39, 0.29) is 5.92 Å². The van der Waals surface area contributed by atoms with Gasteiger partial charge in [0.1, 0.15) is 0 Å². The molecule has 1 atom stereocenters. The third-order valence-corrected chi connectivity index (χ3v) is 2.38. The molecule has 78 valence electrons. The predicted molar refractivity (Wildman–Crippen MR) is 59.5 cm³/mol. The molecule has 0 spiro atoms. The van der Waals surface area contributed by atoms with Crippen molar-refractivity contribution in [3.8, 4) is 12.3 Å². The summed E-state index contributed by atoms with van der Waals surface area (Å²) in [6, 6.07) is 7.66. The minimum Gasteiger partial charge on any atom is -0.481 e. The van der Waals surface area contributed by atoms with Gasteiger partial charge in [0.2, 0.25) is 0 Å². The summed E-state index contributed by atoms with van der Waals surface area (Å²) in [6.07, 6.45) is 6.67. The van der Waals surface area contributed by atoms with E-state index in [1.807, 2.05) is 24.3 Å². The third kappa shape index (κ3) is 3.47. The van der Waals surface area contributed by atoms with Gasteiger partial charge < -0.3 is 5.11 Å². The summed E-state index contributed by atoms with van der Waals surface area (Å²) in [4.78, 5) is 10.6. The van der Waals surface area contributed by atoms with Crippen LogP contribution in [0.4, 0.5) is 0 Å². The van der Waals surface area contributed by atoms with E-state index in [1.165, 1.54) is 0 Å². The molecule has 0 radical (unpaired) electrons. The van der Waals surface area contributed by atoms with Crippen molar-refractivity contribution in [1.29, 1.82) is 0 Å². The van der Waals surface area contributed by atoms with Crippen molar-refractivity contribution < 1.29 is 9.90 Å².